The largest absolute Gasteiger partial charge is 0.314 e. The van der Waals surface area contributed by atoms with Gasteiger partial charge in [-0.1, -0.05) is 19.4 Å². The number of unbranched alkanes of at least 4 members (excludes halogenated alkanes) is 1. The molecule has 3 nitrogen and oxygen atoms in total. The van der Waals surface area contributed by atoms with Crippen molar-refractivity contribution in [2.75, 3.05) is 38.2 Å². The van der Waals surface area contributed by atoms with Gasteiger partial charge in [0.15, 0.2) is 0 Å². The Morgan fingerprint density at radius 3 is 2.26 bits per heavy atom. The third-order valence-electron chi connectivity index (χ3n) is 3.08. The third kappa shape index (κ3) is 7.20. The van der Waals surface area contributed by atoms with E-state index in [-0.39, 0.29) is 0 Å². The molecular weight excluding hydrogens is 274 g/mol. The first-order valence-corrected chi connectivity index (χ1v) is 10.2. The van der Waals surface area contributed by atoms with Crippen molar-refractivity contribution in [3.63, 3.8) is 0 Å². The zero-order valence-electron chi connectivity index (χ0n) is 12.1. The van der Waals surface area contributed by atoms with Crippen molar-refractivity contribution < 1.29 is 0 Å². The van der Waals surface area contributed by atoms with Gasteiger partial charge in [0.1, 0.15) is 0 Å². The van der Waals surface area contributed by atoms with Gasteiger partial charge in [-0.3, -0.25) is 9.29 Å². The highest BCUT2D eigenvalue weighted by atomic mass is 33.1. The van der Waals surface area contributed by atoms with Crippen molar-refractivity contribution in [1.82, 2.24) is 14.6 Å². The minimum Gasteiger partial charge on any atom is -0.314 e. The first kappa shape index (κ1) is 16.8. The lowest BCUT2D eigenvalue weighted by atomic mass is 10.4. The molecule has 0 aliphatic carbocycles. The van der Waals surface area contributed by atoms with Gasteiger partial charge in [-0.15, -0.1) is 20.9 Å². The maximum atomic E-state index is 4.85. The van der Waals surface area contributed by atoms with Crippen LogP contribution in [0.3, 0.4) is 0 Å². The van der Waals surface area contributed by atoms with Crippen molar-refractivity contribution in [3.8, 4) is 0 Å². The molecule has 1 saturated heterocycles. The number of nitrogens with one attached hydrogen (secondary N) is 1. The fraction of sp³-hybridized carbons (Fsp3) is 0.643. The van der Waals surface area contributed by atoms with Gasteiger partial charge in [-0.05, 0) is 30.6 Å². The Balaban J connectivity index is 0.000000250. The second-order valence-corrected chi connectivity index (χ2v) is 10.0. The average molecular weight is 302 g/mol. The molecule has 110 valence electrons. The Bertz CT molecular complexity index is 287. The lowest BCUT2D eigenvalue weighted by Gasteiger charge is -2.44. The van der Waals surface area contributed by atoms with E-state index in [0.717, 1.165) is 13.1 Å². The maximum absolute atomic E-state index is 4.85. The summed E-state index contributed by atoms with van der Waals surface area (Å²) in [5, 5.41) is 3.38. The lowest BCUT2D eigenvalue weighted by molar-refractivity contribution is 0.391. The number of hydrogen-bond donors (Lipinski definition) is 2. The summed E-state index contributed by atoms with van der Waals surface area (Å²) in [6.07, 6.45) is 8.44. The highest BCUT2D eigenvalue weighted by molar-refractivity contribution is 8.86. The molecule has 19 heavy (non-hydrogen) atoms. The van der Waals surface area contributed by atoms with Crippen LogP contribution in [0.5, 0.6) is 0 Å². The predicted molar refractivity (Wildman–Crippen MR) is 91.0 cm³/mol. The fourth-order valence-electron chi connectivity index (χ4n) is 1.90. The van der Waals surface area contributed by atoms with Crippen LogP contribution in [0.2, 0.25) is 0 Å². The van der Waals surface area contributed by atoms with Crippen molar-refractivity contribution >= 4 is 20.9 Å². The van der Waals surface area contributed by atoms with Crippen LogP contribution in [0.15, 0.2) is 30.6 Å². The third-order valence-corrected chi connectivity index (χ3v) is 6.86. The van der Waals surface area contributed by atoms with E-state index >= 15 is 0 Å². The van der Waals surface area contributed by atoms with Gasteiger partial charge in [-0.25, -0.2) is 0 Å². The van der Waals surface area contributed by atoms with E-state index in [2.05, 4.69) is 27.8 Å². The molecular formula is C14H27N3S2. The first-order chi connectivity index (χ1) is 9.17. The maximum Gasteiger partial charge on any atom is 0.0267 e. The molecule has 1 N–H and O–H groups in total. The molecule has 0 radical (unpaired) electrons. The molecule has 1 fully saturated rings. The molecule has 5 heteroatoms. The Labute approximate surface area is 124 Å². The van der Waals surface area contributed by atoms with Gasteiger partial charge in [0.05, 0.1) is 0 Å². The van der Waals surface area contributed by atoms with Crippen LogP contribution in [-0.2, 0) is 0 Å². The topological polar surface area (TPSA) is 28.2 Å². The molecule has 1 aliphatic heterocycles. The highest BCUT2D eigenvalue weighted by Crippen LogP contribution is 2.52. The Kier molecular flexibility index (Phi) is 8.53. The molecule has 0 spiro atoms. The van der Waals surface area contributed by atoms with Gasteiger partial charge in [0.25, 0.3) is 0 Å². The van der Waals surface area contributed by atoms with Crippen molar-refractivity contribution in [1.29, 1.82) is 0 Å². The molecule has 1 unspecified atom stereocenters. The Morgan fingerprint density at radius 2 is 1.84 bits per heavy atom. The smallest absolute Gasteiger partial charge is 0.0267 e. The summed E-state index contributed by atoms with van der Waals surface area (Å²) in [7, 11) is -0.758. The van der Waals surface area contributed by atoms with E-state index in [4.69, 9.17) is 11.7 Å². The van der Waals surface area contributed by atoms with Crippen LogP contribution in [0, 0.1) is 0 Å². The predicted octanol–water partition coefficient (Wildman–Crippen LogP) is 2.97. The Hall–Kier alpha value is -0.230. The van der Waals surface area contributed by atoms with Crippen LogP contribution < -0.4 is 5.32 Å². The molecule has 1 aromatic rings. The summed E-state index contributed by atoms with van der Waals surface area (Å²) in [4.78, 5) is 3.78. The standard InChI is InChI=1S/C9H22N2S2.C5H5N/c1-3-4-9-13(2,12)11-7-5-10-6-8-11;1-2-4-6-5-3-1/h10,12H,3-9H2,1-2H3;1-5H. The molecule has 1 aliphatic rings. The molecule has 0 saturated carbocycles. The molecule has 2 heterocycles. The van der Waals surface area contributed by atoms with Gasteiger partial charge in [0.2, 0.25) is 0 Å². The van der Waals surface area contributed by atoms with Gasteiger partial charge in [0, 0.05) is 38.6 Å². The van der Waals surface area contributed by atoms with E-state index in [1.165, 1.54) is 31.7 Å². The highest BCUT2D eigenvalue weighted by Gasteiger charge is 2.23. The van der Waals surface area contributed by atoms with Crippen molar-refractivity contribution in [2.24, 2.45) is 0 Å². The molecule has 1 aromatic heterocycles. The van der Waals surface area contributed by atoms with Crippen LogP contribution >= 0.6 is 20.9 Å². The summed E-state index contributed by atoms with van der Waals surface area (Å²) in [5.41, 5.74) is 0. The SMILES string of the molecule is CCCCS(C)(S)N1CCNCC1.c1ccncc1. The monoisotopic (exact) mass is 301 g/mol. The minimum absolute atomic E-state index is 0.758. The summed E-state index contributed by atoms with van der Waals surface area (Å²) in [6.45, 7) is 6.88. The number of hydrogen-bond acceptors (Lipinski definition) is 4. The fourth-order valence-corrected chi connectivity index (χ4v) is 4.84. The van der Waals surface area contributed by atoms with Gasteiger partial charge < -0.3 is 5.32 Å². The van der Waals surface area contributed by atoms with Crippen molar-refractivity contribution in [2.45, 2.75) is 19.8 Å². The zero-order valence-corrected chi connectivity index (χ0v) is 13.8. The van der Waals surface area contributed by atoms with Crippen molar-refractivity contribution in [3.05, 3.63) is 30.6 Å². The van der Waals surface area contributed by atoms with Gasteiger partial charge in [-0.2, -0.15) is 0 Å². The molecule has 0 amide bonds. The second kappa shape index (κ2) is 9.64. The second-order valence-electron chi connectivity index (χ2n) is 4.75. The number of rotatable bonds is 4. The van der Waals surface area contributed by atoms with Gasteiger partial charge >= 0.3 is 0 Å². The summed E-state index contributed by atoms with van der Waals surface area (Å²) < 4.78 is 2.57. The van der Waals surface area contributed by atoms with Crippen LogP contribution in [0.1, 0.15) is 19.8 Å². The van der Waals surface area contributed by atoms with Crippen LogP contribution in [0.4, 0.5) is 0 Å². The summed E-state index contributed by atoms with van der Waals surface area (Å²) in [6, 6.07) is 5.72. The van der Waals surface area contributed by atoms with E-state index < -0.39 is 9.25 Å². The normalized spacial score (nSPS) is 20.8. The number of thiol groups is 1. The number of pyridine rings is 1. The summed E-state index contributed by atoms with van der Waals surface area (Å²) in [5.74, 6) is 1.28. The number of piperazine rings is 1. The molecule has 1 atom stereocenters. The quantitative estimate of drug-likeness (QED) is 0.661. The molecule has 0 bridgehead atoms. The number of nitrogens with zero attached hydrogens (tertiary/aromatic N) is 2. The minimum atomic E-state index is -0.758. The van der Waals surface area contributed by atoms with E-state index in [9.17, 15) is 0 Å². The number of aromatic nitrogens is 1. The van der Waals surface area contributed by atoms with E-state index in [1.54, 1.807) is 12.4 Å². The molecule has 2 rings (SSSR count). The van der Waals surface area contributed by atoms with E-state index in [1.807, 2.05) is 18.2 Å². The zero-order chi connectivity index (χ0) is 14.0. The first-order valence-electron chi connectivity index (χ1n) is 6.96. The molecule has 0 aromatic carbocycles. The average Bonchev–Trinajstić information content (AvgIpc) is 2.49. The van der Waals surface area contributed by atoms with Crippen LogP contribution in [-0.4, -0.2) is 47.5 Å². The van der Waals surface area contributed by atoms with E-state index in [0.29, 0.717) is 0 Å². The lowest BCUT2D eigenvalue weighted by Crippen LogP contribution is -2.43. The Morgan fingerprint density at radius 1 is 1.21 bits per heavy atom. The summed E-state index contributed by atoms with van der Waals surface area (Å²) >= 11 is 4.85. The van der Waals surface area contributed by atoms with Crippen LogP contribution in [0.25, 0.3) is 0 Å².